The van der Waals surface area contributed by atoms with Crippen molar-refractivity contribution in [1.82, 2.24) is 14.9 Å². The van der Waals surface area contributed by atoms with E-state index in [0.29, 0.717) is 11.4 Å². The quantitative estimate of drug-likeness (QED) is 0.863. The summed E-state index contributed by atoms with van der Waals surface area (Å²) in [5.74, 6) is 1.58. The van der Waals surface area contributed by atoms with Crippen LogP contribution in [0.5, 0.6) is 0 Å². The molecule has 5 heteroatoms. The lowest BCUT2D eigenvalue weighted by atomic mass is 10.1. The second-order valence-corrected chi connectivity index (χ2v) is 6.99. The van der Waals surface area contributed by atoms with Crippen molar-refractivity contribution in [3.05, 3.63) is 41.6 Å². The number of amides is 1. The molecule has 2 aliphatic heterocycles. The van der Waals surface area contributed by atoms with E-state index in [4.69, 9.17) is 4.98 Å². The number of aromatic nitrogens is 2. The third-order valence-corrected chi connectivity index (χ3v) is 5.07. The van der Waals surface area contributed by atoms with Crippen LogP contribution >= 0.6 is 0 Å². The first-order valence-corrected chi connectivity index (χ1v) is 9.21. The molecule has 0 spiro atoms. The zero-order chi connectivity index (χ0) is 17.2. The molecule has 0 N–H and O–H groups in total. The SMILES string of the molecule is Cc1cccc(-c2ncc(C(=O)N3CCCC3)c(N3CCCC3)n2)c1. The van der Waals surface area contributed by atoms with Gasteiger partial charge in [0.1, 0.15) is 11.4 Å². The average molecular weight is 336 g/mol. The van der Waals surface area contributed by atoms with Gasteiger partial charge in [0.2, 0.25) is 0 Å². The minimum atomic E-state index is 0.0789. The van der Waals surface area contributed by atoms with E-state index >= 15 is 0 Å². The van der Waals surface area contributed by atoms with Gasteiger partial charge in [-0.3, -0.25) is 4.79 Å². The summed E-state index contributed by atoms with van der Waals surface area (Å²) in [5.41, 5.74) is 2.84. The Hall–Kier alpha value is -2.43. The Kier molecular flexibility index (Phi) is 4.38. The Morgan fingerprint density at radius 1 is 1.04 bits per heavy atom. The highest BCUT2D eigenvalue weighted by atomic mass is 16.2. The second kappa shape index (κ2) is 6.82. The number of benzene rings is 1. The Labute approximate surface area is 148 Å². The summed E-state index contributed by atoms with van der Waals surface area (Å²) in [6.45, 7) is 5.68. The molecule has 4 rings (SSSR count). The first kappa shape index (κ1) is 16.1. The molecule has 1 aromatic carbocycles. The van der Waals surface area contributed by atoms with Crippen molar-refractivity contribution in [2.75, 3.05) is 31.1 Å². The van der Waals surface area contributed by atoms with Crippen molar-refractivity contribution < 1.29 is 4.79 Å². The van der Waals surface area contributed by atoms with Gasteiger partial charge in [-0.25, -0.2) is 9.97 Å². The van der Waals surface area contributed by atoms with Gasteiger partial charge in [0.25, 0.3) is 5.91 Å². The lowest BCUT2D eigenvalue weighted by molar-refractivity contribution is 0.0792. The third kappa shape index (κ3) is 3.23. The molecule has 0 unspecified atom stereocenters. The van der Waals surface area contributed by atoms with Crippen molar-refractivity contribution in [3.8, 4) is 11.4 Å². The lowest BCUT2D eigenvalue weighted by Gasteiger charge is -2.23. The maximum atomic E-state index is 12.9. The van der Waals surface area contributed by atoms with E-state index in [1.54, 1.807) is 6.20 Å². The zero-order valence-corrected chi connectivity index (χ0v) is 14.7. The number of anilines is 1. The van der Waals surface area contributed by atoms with Crippen LogP contribution in [0.4, 0.5) is 5.82 Å². The fourth-order valence-corrected chi connectivity index (χ4v) is 3.71. The predicted molar refractivity (Wildman–Crippen MR) is 98.8 cm³/mol. The molecule has 130 valence electrons. The third-order valence-electron chi connectivity index (χ3n) is 5.07. The molecular formula is C20H24N4O. The summed E-state index contributed by atoms with van der Waals surface area (Å²) >= 11 is 0. The molecule has 0 bridgehead atoms. The molecule has 5 nitrogen and oxygen atoms in total. The number of hydrogen-bond acceptors (Lipinski definition) is 4. The van der Waals surface area contributed by atoms with Gasteiger partial charge in [-0.15, -0.1) is 0 Å². The maximum Gasteiger partial charge on any atom is 0.259 e. The molecule has 2 aliphatic rings. The van der Waals surface area contributed by atoms with E-state index in [2.05, 4.69) is 28.9 Å². The van der Waals surface area contributed by atoms with Gasteiger partial charge in [0, 0.05) is 37.9 Å². The van der Waals surface area contributed by atoms with Crippen molar-refractivity contribution >= 4 is 11.7 Å². The van der Waals surface area contributed by atoms with E-state index in [-0.39, 0.29) is 5.91 Å². The summed E-state index contributed by atoms with van der Waals surface area (Å²) in [6, 6.07) is 8.20. The molecule has 1 amide bonds. The Balaban J connectivity index is 1.74. The molecule has 0 radical (unpaired) electrons. The number of likely N-dealkylation sites (tertiary alicyclic amines) is 1. The zero-order valence-electron chi connectivity index (χ0n) is 14.7. The normalized spacial score (nSPS) is 17.3. The van der Waals surface area contributed by atoms with Crippen LogP contribution < -0.4 is 4.90 Å². The largest absolute Gasteiger partial charge is 0.356 e. The lowest BCUT2D eigenvalue weighted by Crippen LogP contribution is -2.31. The Bertz CT molecular complexity index is 777. The minimum absolute atomic E-state index is 0.0789. The molecule has 2 saturated heterocycles. The first-order chi connectivity index (χ1) is 12.2. The maximum absolute atomic E-state index is 12.9. The summed E-state index contributed by atoms with van der Waals surface area (Å²) in [6.07, 6.45) is 6.22. The first-order valence-electron chi connectivity index (χ1n) is 9.21. The van der Waals surface area contributed by atoms with E-state index in [9.17, 15) is 4.79 Å². The molecule has 1 aromatic heterocycles. The van der Waals surface area contributed by atoms with Gasteiger partial charge >= 0.3 is 0 Å². The average Bonchev–Trinajstić information content (AvgIpc) is 3.34. The number of carbonyl (C=O) groups is 1. The number of nitrogens with zero attached hydrogens (tertiary/aromatic N) is 4. The van der Waals surface area contributed by atoms with Gasteiger partial charge in [0.05, 0.1) is 0 Å². The topological polar surface area (TPSA) is 49.3 Å². The number of carbonyl (C=O) groups excluding carboxylic acids is 1. The summed E-state index contributed by atoms with van der Waals surface area (Å²) in [7, 11) is 0. The van der Waals surface area contributed by atoms with E-state index in [1.807, 2.05) is 17.0 Å². The van der Waals surface area contributed by atoms with Gasteiger partial charge in [-0.2, -0.15) is 0 Å². The summed E-state index contributed by atoms with van der Waals surface area (Å²) in [4.78, 5) is 26.5. The van der Waals surface area contributed by atoms with Crippen LogP contribution in [0.25, 0.3) is 11.4 Å². The van der Waals surface area contributed by atoms with E-state index in [0.717, 1.165) is 63.2 Å². The summed E-state index contributed by atoms with van der Waals surface area (Å²) < 4.78 is 0. The minimum Gasteiger partial charge on any atom is -0.356 e. The predicted octanol–water partition coefficient (Wildman–Crippen LogP) is 3.29. The smallest absolute Gasteiger partial charge is 0.259 e. The van der Waals surface area contributed by atoms with Gasteiger partial charge < -0.3 is 9.80 Å². The number of aryl methyl sites for hydroxylation is 1. The second-order valence-electron chi connectivity index (χ2n) is 6.99. The molecule has 2 aromatic rings. The van der Waals surface area contributed by atoms with Gasteiger partial charge in [-0.1, -0.05) is 23.8 Å². The van der Waals surface area contributed by atoms with Crippen LogP contribution in [-0.4, -0.2) is 47.0 Å². The van der Waals surface area contributed by atoms with Gasteiger partial charge in [0.15, 0.2) is 5.82 Å². The molecular weight excluding hydrogens is 312 g/mol. The molecule has 0 aliphatic carbocycles. The van der Waals surface area contributed by atoms with Crippen LogP contribution in [0.15, 0.2) is 30.5 Å². The molecule has 0 saturated carbocycles. The molecule has 25 heavy (non-hydrogen) atoms. The van der Waals surface area contributed by atoms with Crippen molar-refractivity contribution in [2.24, 2.45) is 0 Å². The molecule has 0 atom stereocenters. The van der Waals surface area contributed by atoms with Crippen molar-refractivity contribution in [3.63, 3.8) is 0 Å². The molecule has 3 heterocycles. The van der Waals surface area contributed by atoms with Crippen molar-refractivity contribution in [2.45, 2.75) is 32.6 Å². The highest BCUT2D eigenvalue weighted by Crippen LogP contribution is 2.27. The number of hydrogen-bond donors (Lipinski definition) is 0. The van der Waals surface area contributed by atoms with Crippen LogP contribution in [0.3, 0.4) is 0 Å². The fourth-order valence-electron chi connectivity index (χ4n) is 3.71. The van der Waals surface area contributed by atoms with Crippen LogP contribution in [-0.2, 0) is 0 Å². The van der Waals surface area contributed by atoms with E-state index in [1.165, 1.54) is 5.56 Å². The highest BCUT2D eigenvalue weighted by Gasteiger charge is 2.27. The monoisotopic (exact) mass is 336 g/mol. The summed E-state index contributed by atoms with van der Waals surface area (Å²) in [5, 5.41) is 0. The molecule has 2 fully saturated rings. The standard InChI is InChI=1S/C20H24N4O/c1-15-7-6-8-16(13-15)18-21-14-17(20(25)24-11-4-5-12-24)19(22-18)23-9-2-3-10-23/h6-8,13-14H,2-5,9-12H2,1H3. The highest BCUT2D eigenvalue weighted by molar-refractivity contribution is 5.99. The fraction of sp³-hybridized carbons (Fsp3) is 0.450. The van der Waals surface area contributed by atoms with Crippen LogP contribution in [0.1, 0.15) is 41.6 Å². The van der Waals surface area contributed by atoms with Crippen molar-refractivity contribution in [1.29, 1.82) is 0 Å². The Morgan fingerprint density at radius 2 is 1.76 bits per heavy atom. The number of rotatable bonds is 3. The Morgan fingerprint density at radius 3 is 2.48 bits per heavy atom. The van der Waals surface area contributed by atoms with Crippen LogP contribution in [0.2, 0.25) is 0 Å². The van der Waals surface area contributed by atoms with Crippen LogP contribution in [0, 0.1) is 6.92 Å². The van der Waals surface area contributed by atoms with Gasteiger partial charge in [-0.05, 0) is 38.7 Å². The van der Waals surface area contributed by atoms with E-state index < -0.39 is 0 Å².